The van der Waals surface area contributed by atoms with E-state index in [1.54, 1.807) is 27.7 Å². The van der Waals surface area contributed by atoms with Gasteiger partial charge in [0.25, 0.3) is 0 Å². The van der Waals surface area contributed by atoms with Gasteiger partial charge in [0.1, 0.15) is 5.75 Å². The highest BCUT2D eigenvalue weighted by Gasteiger charge is 2.31. The predicted octanol–water partition coefficient (Wildman–Crippen LogP) is 5.63. The molecule has 1 rings (SSSR count). The van der Waals surface area contributed by atoms with E-state index in [4.69, 9.17) is 13.8 Å². The first kappa shape index (κ1) is 22.9. The van der Waals surface area contributed by atoms with E-state index in [2.05, 4.69) is 20.8 Å². The Morgan fingerprint density at radius 2 is 1.77 bits per heavy atom. The highest BCUT2D eigenvalue weighted by molar-refractivity contribution is 7.54. The molecule has 0 N–H and O–H groups in total. The van der Waals surface area contributed by atoms with Crippen LogP contribution in [0, 0.1) is 6.92 Å². The van der Waals surface area contributed by atoms with Crippen LogP contribution in [0.1, 0.15) is 66.0 Å². The van der Waals surface area contributed by atoms with Gasteiger partial charge in [-0.15, -0.1) is 0 Å². The predicted molar refractivity (Wildman–Crippen MR) is 105 cm³/mol. The van der Waals surface area contributed by atoms with Crippen molar-refractivity contribution >= 4 is 13.6 Å². The molecule has 0 saturated heterocycles. The lowest BCUT2D eigenvalue weighted by molar-refractivity contribution is -0.135. The molecule has 0 aliphatic carbocycles. The SMILES string of the molecule is Cc1ccc(C(C)(C)C)c(OC(=O)CCOP(=O)(OC(C)C)C(C)C)c1. The molecule has 1 aromatic rings. The van der Waals surface area contributed by atoms with E-state index in [9.17, 15) is 9.36 Å². The molecule has 1 aromatic carbocycles. The monoisotopic (exact) mass is 384 g/mol. The highest BCUT2D eigenvalue weighted by Crippen LogP contribution is 2.53. The quantitative estimate of drug-likeness (QED) is 0.330. The molecule has 0 aliphatic rings. The zero-order valence-corrected chi connectivity index (χ0v) is 18.2. The van der Waals surface area contributed by atoms with E-state index in [1.165, 1.54) is 0 Å². The molecule has 0 spiro atoms. The van der Waals surface area contributed by atoms with Crippen molar-refractivity contribution in [2.24, 2.45) is 0 Å². The largest absolute Gasteiger partial charge is 0.426 e. The first-order chi connectivity index (χ1) is 11.8. The summed E-state index contributed by atoms with van der Waals surface area (Å²) in [6.45, 7) is 15.3. The van der Waals surface area contributed by atoms with Crippen LogP contribution in [-0.4, -0.2) is 24.3 Å². The summed E-state index contributed by atoms with van der Waals surface area (Å²) in [6.07, 6.45) is -0.202. The van der Waals surface area contributed by atoms with E-state index in [-0.39, 0.29) is 30.2 Å². The van der Waals surface area contributed by atoms with Crippen LogP contribution < -0.4 is 4.74 Å². The van der Waals surface area contributed by atoms with E-state index < -0.39 is 13.6 Å². The summed E-state index contributed by atoms with van der Waals surface area (Å²) >= 11 is 0. The minimum absolute atomic E-state index is 0.00230. The standard InChI is InChI=1S/C20H33O5P/c1-14(2)25-26(22,15(3)4)23-12-11-19(21)24-18-13-16(5)9-10-17(18)20(6,7)8/h9-10,13-15H,11-12H2,1-8H3. The van der Waals surface area contributed by atoms with Gasteiger partial charge >= 0.3 is 13.6 Å². The Hall–Kier alpha value is -1.16. The number of benzene rings is 1. The Labute approximate surface area is 158 Å². The Morgan fingerprint density at radius 1 is 1.15 bits per heavy atom. The van der Waals surface area contributed by atoms with E-state index in [1.807, 2.05) is 25.1 Å². The van der Waals surface area contributed by atoms with Crippen LogP contribution in [0.3, 0.4) is 0 Å². The lowest BCUT2D eigenvalue weighted by Crippen LogP contribution is -2.18. The molecule has 1 unspecified atom stereocenters. The smallest absolute Gasteiger partial charge is 0.333 e. The van der Waals surface area contributed by atoms with Crippen LogP contribution in [0.2, 0.25) is 0 Å². The van der Waals surface area contributed by atoms with Crippen molar-refractivity contribution in [3.8, 4) is 5.75 Å². The summed E-state index contributed by atoms with van der Waals surface area (Å²) in [6, 6.07) is 5.85. The minimum atomic E-state index is -3.24. The van der Waals surface area contributed by atoms with Crippen LogP contribution in [-0.2, 0) is 23.8 Å². The summed E-state index contributed by atoms with van der Waals surface area (Å²) in [5.74, 6) is 0.147. The third kappa shape index (κ3) is 6.86. The molecule has 148 valence electrons. The normalized spacial score (nSPS) is 14.5. The van der Waals surface area contributed by atoms with E-state index in [0.717, 1.165) is 11.1 Å². The van der Waals surface area contributed by atoms with Crippen molar-refractivity contribution < 1.29 is 23.1 Å². The number of hydrogen-bond donors (Lipinski definition) is 0. The molecule has 0 bridgehead atoms. The van der Waals surface area contributed by atoms with Gasteiger partial charge in [-0.05, 0) is 37.8 Å². The van der Waals surface area contributed by atoms with Crippen LogP contribution >= 0.6 is 7.60 Å². The maximum absolute atomic E-state index is 12.7. The van der Waals surface area contributed by atoms with Gasteiger partial charge in [0.05, 0.1) is 24.8 Å². The summed E-state index contributed by atoms with van der Waals surface area (Å²) in [7, 11) is -3.24. The average molecular weight is 384 g/mol. The van der Waals surface area contributed by atoms with Crippen LogP contribution in [0.15, 0.2) is 18.2 Å². The second-order valence-electron chi connectivity index (χ2n) is 8.09. The van der Waals surface area contributed by atoms with Gasteiger partial charge in [-0.3, -0.25) is 9.36 Å². The second kappa shape index (κ2) is 9.16. The van der Waals surface area contributed by atoms with Gasteiger partial charge in [-0.2, -0.15) is 0 Å². The number of aryl methyl sites for hydroxylation is 1. The molecule has 0 amide bonds. The van der Waals surface area contributed by atoms with Crippen LogP contribution in [0.5, 0.6) is 5.75 Å². The molecule has 1 atom stereocenters. The fourth-order valence-electron chi connectivity index (χ4n) is 2.36. The fraction of sp³-hybridized carbons (Fsp3) is 0.650. The third-order valence-corrected chi connectivity index (χ3v) is 6.26. The molecule has 0 heterocycles. The van der Waals surface area contributed by atoms with Gasteiger partial charge in [0.2, 0.25) is 0 Å². The van der Waals surface area contributed by atoms with Crippen molar-refractivity contribution in [2.75, 3.05) is 6.61 Å². The third-order valence-electron chi connectivity index (χ3n) is 3.74. The number of rotatable bonds is 8. The number of carbonyl (C=O) groups is 1. The molecule has 6 heteroatoms. The zero-order chi connectivity index (χ0) is 20.1. The molecule has 0 saturated carbocycles. The van der Waals surface area contributed by atoms with Gasteiger partial charge in [0, 0.05) is 5.56 Å². The van der Waals surface area contributed by atoms with Crippen molar-refractivity contribution in [2.45, 2.75) is 79.0 Å². The van der Waals surface area contributed by atoms with Gasteiger partial charge in [-0.1, -0.05) is 46.8 Å². The average Bonchev–Trinajstić information content (AvgIpc) is 2.44. The molecule has 0 fully saturated rings. The number of hydrogen-bond acceptors (Lipinski definition) is 5. The Balaban J connectivity index is 2.74. The van der Waals surface area contributed by atoms with Crippen molar-refractivity contribution in [3.63, 3.8) is 0 Å². The maximum Gasteiger partial charge on any atom is 0.333 e. The molecule has 5 nitrogen and oxygen atoms in total. The minimum Gasteiger partial charge on any atom is -0.426 e. The van der Waals surface area contributed by atoms with E-state index in [0.29, 0.717) is 5.75 Å². The topological polar surface area (TPSA) is 61.8 Å². The van der Waals surface area contributed by atoms with Crippen molar-refractivity contribution in [1.82, 2.24) is 0 Å². The lowest BCUT2D eigenvalue weighted by atomic mass is 9.86. The molecule has 0 aliphatic heterocycles. The second-order valence-corrected chi connectivity index (χ2v) is 10.7. The zero-order valence-electron chi connectivity index (χ0n) is 17.3. The van der Waals surface area contributed by atoms with Crippen LogP contribution in [0.4, 0.5) is 0 Å². The molecular formula is C20H33O5P. The Kier molecular flexibility index (Phi) is 8.06. The van der Waals surface area contributed by atoms with Crippen molar-refractivity contribution in [3.05, 3.63) is 29.3 Å². The van der Waals surface area contributed by atoms with Gasteiger partial charge in [0.15, 0.2) is 0 Å². The Bertz CT molecular complexity index is 659. The maximum atomic E-state index is 12.7. The lowest BCUT2D eigenvalue weighted by Gasteiger charge is -2.24. The first-order valence-electron chi connectivity index (χ1n) is 9.09. The molecule has 0 radical (unpaired) electrons. The highest BCUT2D eigenvalue weighted by atomic mass is 31.2. The van der Waals surface area contributed by atoms with Crippen molar-refractivity contribution in [1.29, 1.82) is 0 Å². The summed E-state index contributed by atoms with van der Waals surface area (Å²) < 4.78 is 29.2. The first-order valence-corrected chi connectivity index (χ1v) is 10.7. The molecular weight excluding hydrogens is 351 g/mol. The number of ether oxygens (including phenoxy) is 1. The summed E-state index contributed by atoms with van der Waals surface area (Å²) in [5, 5.41) is 0. The Morgan fingerprint density at radius 3 is 2.27 bits per heavy atom. The van der Waals surface area contributed by atoms with E-state index >= 15 is 0 Å². The van der Waals surface area contributed by atoms with Crippen LogP contribution in [0.25, 0.3) is 0 Å². The number of carbonyl (C=O) groups excluding carboxylic acids is 1. The number of esters is 1. The summed E-state index contributed by atoms with van der Waals surface area (Å²) in [5.41, 5.74) is 1.57. The molecule has 26 heavy (non-hydrogen) atoms. The summed E-state index contributed by atoms with van der Waals surface area (Å²) in [4.78, 5) is 12.2. The molecule has 0 aromatic heterocycles. The fourth-order valence-corrected chi connectivity index (χ4v) is 3.89. The van der Waals surface area contributed by atoms with Gasteiger partial charge in [-0.25, -0.2) is 0 Å². The van der Waals surface area contributed by atoms with Gasteiger partial charge < -0.3 is 13.8 Å².